The van der Waals surface area contributed by atoms with Crippen LogP contribution >= 0.6 is 0 Å². The average molecular weight is 239 g/mol. The summed E-state index contributed by atoms with van der Waals surface area (Å²) in [5.74, 6) is 0.733. The maximum absolute atomic E-state index is 9.52. The van der Waals surface area contributed by atoms with Crippen LogP contribution in [0.15, 0.2) is 24.3 Å². The van der Waals surface area contributed by atoms with Gasteiger partial charge < -0.3 is 20.3 Å². The van der Waals surface area contributed by atoms with Crippen molar-refractivity contribution < 1.29 is 14.6 Å². The van der Waals surface area contributed by atoms with Gasteiger partial charge in [0.1, 0.15) is 18.5 Å². The highest BCUT2D eigenvalue weighted by atomic mass is 16.5. The van der Waals surface area contributed by atoms with Gasteiger partial charge in [-0.15, -0.1) is 0 Å². The summed E-state index contributed by atoms with van der Waals surface area (Å²) in [6.45, 7) is 2.50. The number of aliphatic hydroxyl groups excluding tert-OH is 1. The highest BCUT2D eigenvalue weighted by Gasteiger charge is 2.11. The Labute approximate surface area is 102 Å². The summed E-state index contributed by atoms with van der Waals surface area (Å²) in [4.78, 5) is 0. The van der Waals surface area contributed by atoms with Gasteiger partial charge in [0.2, 0.25) is 0 Å². The quantitative estimate of drug-likeness (QED) is 0.756. The van der Waals surface area contributed by atoms with Crippen molar-refractivity contribution in [3.8, 4) is 5.75 Å². The predicted octanol–water partition coefficient (Wildman–Crippen LogP) is 1.48. The number of para-hydroxylation sites is 1. The van der Waals surface area contributed by atoms with Gasteiger partial charge in [0, 0.05) is 18.7 Å². The van der Waals surface area contributed by atoms with Crippen molar-refractivity contribution in [2.24, 2.45) is 5.73 Å². The van der Waals surface area contributed by atoms with Crippen LogP contribution in [-0.4, -0.2) is 31.5 Å². The zero-order valence-corrected chi connectivity index (χ0v) is 10.4. The number of rotatable bonds is 7. The smallest absolute Gasteiger partial charge is 0.124 e. The SMILES string of the molecule is CC[C@H](N)c1ccccc1OCC(O)COC. The predicted molar refractivity (Wildman–Crippen MR) is 67.0 cm³/mol. The van der Waals surface area contributed by atoms with Crippen molar-refractivity contribution in [3.63, 3.8) is 0 Å². The zero-order chi connectivity index (χ0) is 12.7. The highest BCUT2D eigenvalue weighted by Crippen LogP contribution is 2.25. The second-order valence-corrected chi connectivity index (χ2v) is 3.97. The van der Waals surface area contributed by atoms with E-state index in [4.69, 9.17) is 15.2 Å². The minimum absolute atomic E-state index is 0.0363. The Morgan fingerprint density at radius 1 is 1.29 bits per heavy atom. The molecule has 0 bridgehead atoms. The molecule has 4 heteroatoms. The number of ether oxygens (including phenoxy) is 2. The number of nitrogens with two attached hydrogens (primary N) is 1. The van der Waals surface area contributed by atoms with Crippen LogP contribution in [0.3, 0.4) is 0 Å². The van der Waals surface area contributed by atoms with Gasteiger partial charge in [0.05, 0.1) is 6.61 Å². The van der Waals surface area contributed by atoms with Crippen LogP contribution in [0.1, 0.15) is 24.9 Å². The largest absolute Gasteiger partial charge is 0.490 e. The summed E-state index contributed by atoms with van der Waals surface area (Å²) in [6, 6.07) is 7.61. The Morgan fingerprint density at radius 2 is 2.00 bits per heavy atom. The third-order valence-electron chi connectivity index (χ3n) is 2.55. The molecule has 0 fully saturated rings. The molecular weight excluding hydrogens is 218 g/mol. The van der Waals surface area contributed by atoms with E-state index in [1.807, 2.05) is 31.2 Å². The minimum Gasteiger partial charge on any atom is -0.490 e. The minimum atomic E-state index is -0.620. The molecule has 0 aliphatic heterocycles. The fourth-order valence-corrected chi connectivity index (χ4v) is 1.56. The fraction of sp³-hybridized carbons (Fsp3) is 0.538. The molecule has 0 saturated carbocycles. The van der Waals surface area contributed by atoms with Crippen LogP contribution in [0.5, 0.6) is 5.75 Å². The number of hydrogen-bond acceptors (Lipinski definition) is 4. The van der Waals surface area contributed by atoms with E-state index in [0.29, 0.717) is 0 Å². The Morgan fingerprint density at radius 3 is 2.65 bits per heavy atom. The second-order valence-electron chi connectivity index (χ2n) is 3.97. The monoisotopic (exact) mass is 239 g/mol. The normalized spacial score (nSPS) is 14.4. The van der Waals surface area contributed by atoms with E-state index < -0.39 is 6.10 Å². The standard InChI is InChI=1S/C13H21NO3/c1-3-12(14)11-6-4-5-7-13(11)17-9-10(15)8-16-2/h4-7,10,12,15H,3,8-9,14H2,1-2H3/t10?,12-/m0/s1. The molecule has 1 unspecified atom stereocenters. The lowest BCUT2D eigenvalue weighted by atomic mass is 10.0. The van der Waals surface area contributed by atoms with Gasteiger partial charge >= 0.3 is 0 Å². The lowest BCUT2D eigenvalue weighted by Gasteiger charge is -2.17. The van der Waals surface area contributed by atoms with Gasteiger partial charge in [-0.1, -0.05) is 25.1 Å². The summed E-state index contributed by atoms with van der Waals surface area (Å²) in [6.07, 6.45) is 0.229. The molecule has 2 atom stereocenters. The van der Waals surface area contributed by atoms with Gasteiger partial charge in [0.25, 0.3) is 0 Å². The van der Waals surface area contributed by atoms with Crippen molar-refractivity contribution in [3.05, 3.63) is 29.8 Å². The molecule has 0 aromatic heterocycles. The van der Waals surface area contributed by atoms with Crippen LogP contribution < -0.4 is 10.5 Å². The molecule has 3 N–H and O–H groups in total. The molecule has 4 nitrogen and oxygen atoms in total. The zero-order valence-electron chi connectivity index (χ0n) is 10.4. The first kappa shape index (κ1) is 14.0. The molecule has 0 amide bonds. The second kappa shape index (κ2) is 7.27. The van der Waals surface area contributed by atoms with Gasteiger partial charge in [-0.3, -0.25) is 0 Å². The Balaban J connectivity index is 2.63. The Bertz CT molecular complexity index is 330. The van der Waals surface area contributed by atoms with Crippen molar-refractivity contribution in [1.29, 1.82) is 0 Å². The molecule has 0 spiro atoms. The maximum atomic E-state index is 9.52. The molecule has 0 saturated heterocycles. The van der Waals surface area contributed by atoms with E-state index in [0.717, 1.165) is 17.7 Å². The number of hydrogen-bond donors (Lipinski definition) is 2. The van der Waals surface area contributed by atoms with Crippen molar-refractivity contribution in [1.82, 2.24) is 0 Å². The first-order chi connectivity index (χ1) is 8.19. The number of aliphatic hydroxyl groups is 1. The average Bonchev–Trinajstić information content (AvgIpc) is 2.36. The number of methoxy groups -OCH3 is 1. The van der Waals surface area contributed by atoms with Crippen LogP contribution in [0.4, 0.5) is 0 Å². The van der Waals surface area contributed by atoms with Crippen LogP contribution in [0.2, 0.25) is 0 Å². The van der Waals surface area contributed by atoms with E-state index in [-0.39, 0.29) is 19.3 Å². The Kier molecular flexibility index (Phi) is 5.97. The lowest BCUT2D eigenvalue weighted by molar-refractivity contribution is 0.0322. The summed E-state index contributed by atoms with van der Waals surface area (Å²) >= 11 is 0. The molecule has 1 rings (SSSR count). The number of benzene rings is 1. The van der Waals surface area contributed by atoms with E-state index in [9.17, 15) is 5.11 Å². The molecule has 96 valence electrons. The van der Waals surface area contributed by atoms with Gasteiger partial charge in [-0.25, -0.2) is 0 Å². The molecule has 1 aromatic rings. The molecule has 1 aromatic carbocycles. The molecule has 17 heavy (non-hydrogen) atoms. The van der Waals surface area contributed by atoms with E-state index >= 15 is 0 Å². The summed E-state index contributed by atoms with van der Waals surface area (Å²) in [7, 11) is 1.55. The molecule has 0 aliphatic carbocycles. The van der Waals surface area contributed by atoms with E-state index in [2.05, 4.69) is 0 Å². The van der Waals surface area contributed by atoms with Crippen molar-refractivity contribution in [2.45, 2.75) is 25.5 Å². The fourth-order valence-electron chi connectivity index (χ4n) is 1.56. The molecule has 0 heterocycles. The summed E-state index contributed by atoms with van der Waals surface area (Å²) in [5, 5.41) is 9.52. The van der Waals surface area contributed by atoms with Crippen LogP contribution in [0, 0.1) is 0 Å². The Hall–Kier alpha value is -1.10. The lowest BCUT2D eigenvalue weighted by Crippen LogP contribution is -2.23. The first-order valence-electron chi connectivity index (χ1n) is 5.83. The van der Waals surface area contributed by atoms with Gasteiger partial charge in [-0.05, 0) is 12.5 Å². The van der Waals surface area contributed by atoms with E-state index in [1.54, 1.807) is 7.11 Å². The van der Waals surface area contributed by atoms with Crippen molar-refractivity contribution in [2.75, 3.05) is 20.3 Å². The van der Waals surface area contributed by atoms with Crippen LogP contribution in [0.25, 0.3) is 0 Å². The van der Waals surface area contributed by atoms with Crippen LogP contribution in [-0.2, 0) is 4.74 Å². The highest BCUT2D eigenvalue weighted by molar-refractivity contribution is 5.35. The van der Waals surface area contributed by atoms with Crippen molar-refractivity contribution >= 4 is 0 Å². The summed E-state index contributed by atoms with van der Waals surface area (Å²) in [5.41, 5.74) is 6.96. The van der Waals surface area contributed by atoms with E-state index in [1.165, 1.54) is 0 Å². The topological polar surface area (TPSA) is 64.7 Å². The summed E-state index contributed by atoms with van der Waals surface area (Å²) < 4.78 is 10.4. The maximum Gasteiger partial charge on any atom is 0.124 e. The van der Waals surface area contributed by atoms with Gasteiger partial charge in [0.15, 0.2) is 0 Å². The first-order valence-corrected chi connectivity index (χ1v) is 5.83. The molecule has 0 radical (unpaired) electrons. The van der Waals surface area contributed by atoms with Gasteiger partial charge in [-0.2, -0.15) is 0 Å². The third-order valence-corrected chi connectivity index (χ3v) is 2.55. The third kappa shape index (κ3) is 4.34. The molecular formula is C13H21NO3. The molecule has 0 aliphatic rings.